The van der Waals surface area contributed by atoms with Crippen LogP contribution in [0.25, 0.3) is 0 Å². The molecule has 2 aromatic rings. The summed E-state index contributed by atoms with van der Waals surface area (Å²) in [6.07, 6.45) is 0. The fourth-order valence-electron chi connectivity index (χ4n) is 2.29. The van der Waals surface area contributed by atoms with Crippen molar-refractivity contribution < 1.29 is 14.3 Å². The zero-order valence-electron chi connectivity index (χ0n) is 12.9. The van der Waals surface area contributed by atoms with Crippen LogP contribution in [-0.4, -0.2) is 36.6 Å². The van der Waals surface area contributed by atoms with Crippen LogP contribution >= 0.6 is 15.9 Å². The van der Waals surface area contributed by atoms with Crippen LogP contribution in [0, 0.1) is 5.82 Å². The van der Waals surface area contributed by atoms with Gasteiger partial charge in [0.15, 0.2) is 0 Å². The highest BCUT2D eigenvalue weighted by Crippen LogP contribution is 2.22. The third kappa shape index (κ3) is 4.53. The summed E-state index contributed by atoms with van der Waals surface area (Å²) in [6.45, 7) is 0.293. The van der Waals surface area contributed by atoms with Gasteiger partial charge in [-0.15, -0.1) is 0 Å². The number of carbonyl (C=O) groups excluding carboxylic acids is 1. The van der Waals surface area contributed by atoms with Gasteiger partial charge in [-0.2, -0.15) is 0 Å². The summed E-state index contributed by atoms with van der Waals surface area (Å²) in [5.41, 5.74) is 0.963. The molecule has 6 heteroatoms. The maximum absolute atomic E-state index is 13.4. The molecule has 0 bridgehead atoms. The molecule has 0 aliphatic carbocycles. The van der Waals surface area contributed by atoms with Gasteiger partial charge in [-0.1, -0.05) is 28.1 Å². The Kier molecular flexibility index (Phi) is 5.74. The van der Waals surface area contributed by atoms with E-state index in [-0.39, 0.29) is 29.1 Å². The fourth-order valence-corrected chi connectivity index (χ4v) is 2.65. The van der Waals surface area contributed by atoms with E-state index in [0.29, 0.717) is 11.0 Å². The molecule has 0 heterocycles. The number of amides is 1. The lowest BCUT2D eigenvalue weighted by Gasteiger charge is -2.25. The minimum atomic E-state index is -0.382. The topological polar surface area (TPSA) is 52.6 Å². The summed E-state index contributed by atoms with van der Waals surface area (Å²) in [6, 6.07) is 10.8. The number of hydrogen-bond acceptors (Lipinski definition) is 3. The van der Waals surface area contributed by atoms with Crippen LogP contribution in [-0.2, 0) is 0 Å². The Labute approximate surface area is 143 Å². The van der Waals surface area contributed by atoms with E-state index in [2.05, 4.69) is 21.2 Å². The molecule has 2 rings (SSSR count). The molecule has 0 saturated heterocycles. The monoisotopic (exact) mass is 380 g/mol. The van der Waals surface area contributed by atoms with E-state index in [9.17, 15) is 14.3 Å². The van der Waals surface area contributed by atoms with Crippen molar-refractivity contribution in [3.63, 3.8) is 0 Å². The molecule has 23 heavy (non-hydrogen) atoms. The molecule has 0 aromatic heterocycles. The van der Waals surface area contributed by atoms with Crippen molar-refractivity contribution in [3.05, 3.63) is 63.9 Å². The Balaban J connectivity index is 2.13. The zero-order chi connectivity index (χ0) is 17.0. The third-order valence-electron chi connectivity index (χ3n) is 3.52. The Bertz CT molecular complexity index is 707. The molecule has 4 nitrogen and oxygen atoms in total. The molecule has 0 aliphatic heterocycles. The van der Waals surface area contributed by atoms with Crippen molar-refractivity contribution in [2.24, 2.45) is 0 Å². The second kappa shape index (κ2) is 7.57. The summed E-state index contributed by atoms with van der Waals surface area (Å²) in [7, 11) is 3.72. The maximum atomic E-state index is 13.4. The van der Waals surface area contributed by atoms with E-state index < -0.39 is 0 Å². The highest BCUT2D eigenvalue weighted by atomic mass is 79.9. The van der Waals surface area contributed by atoms with E-state index in [1.807, 2.05) is 25.1 Å². The number of nitrogens with one attached hydrogen (secondary N) is 1. The SMILES string of the molecule is CN(C)C(CNC(=O)c1cc(Br)ccc1O)c1cccc(F)c1. The van der Waals surface area contributed by atoms with Crippen molar-refractivity contribution in [1.82, 2.24) is 10.2 Å². The van der Waals surface area contributed by atoms with Gasteiger partial charge >= 0.3 is 0 Å². The van der Waals surface area contributed by atoms with Gasteiger partial charge < -0.3 is 15.3 Å². The van der Waals surface area contributed by atoms with E-state index in [4.69, 9.17) is 0 Å². The Morgan fingerprint density at radius 3 is 2.70 bits per heavy atom. The first kappa shape index (κ1) is 17.4. The summed E-state index contributed by atoms with van der Waals surface area (Å²) in [5, 5.41) is 12.6. The number of nitrogens with zero attached hydrogens (tertiary/aromatic N) is 1. The first-order valence-electron chi connectivity index (χ1n) is 7.07. The summed E-state index contributed by atoms with van der Waals surface area (Å²) in [4.78, 5) is 14.2. The largest absolute Gasteiger partial charge is 0.507 e. The lowest BCUT2D eigenvalue weighted by Crippen LogP contribution is -2.34. The molecule has 2 N–H and O–H groups in total. The molecular formula is C17H18BrFN2O2. The standard InChI is InChI=1S/C17H18BrFN2O2/c1-21(2)15(11-4-3-5-13(19)8-11)10-20-17(23)14-9-12(18)6-7-16(14)22/h3-9,15,22H,10H2,1-2H3,(H,20,23). The van der Waals surface area contributed by atoms with Crippen LogP contribution in [0.3, 0.4) is 0 Å². The smallest absolute Gasteiger partial charge is 0.255 e. The van der Waals surface area contributed by atoms with Gasteiger partial charge in [0.05, 0.1) is 11.6 Å². The quantitative estimate of drug-likeness (QED) is 0.836. The minimum absolute atomic E-state index is 0.0853. The van der Waals surface area contributed by atoms with E-state index in [1.54, 1.807) is 18.2 Å². The average molecular weight is 381 g/mol. The number of phenolic OH excluding ortho intramolecular Hbond substituents is 1. The Morgan fingerprint density at radius 1 is 1.30 bits per heavy atom. The molecule has 0 fully saturated rings. The number of hydrogen-bond donors (Lipinski definition) is 2. The molecule has 2 aromatic carbocycles. The van der Waals surface area contributed by atoms with Crippen molar-refractivity contribution >= 4 is 21.8 Å². The average Bonchev–Trinajstić information content (AvgIpc) is 2.49. The number of phenols is 1. The summed E-state index contributed by atoms with van der Waals surface area (Å²) in [5.74, 6) is -0.782. The van der Waals surface area contributed by atoms with Gasteiger partial charge in [-0.05, 0) is 50.0 Å². The Morgan fingerprint density at radius 2 is 2.04 bits per heavy atom. The molecule has 0 spiro atoms. The summed E-state index contributed by atoms with van der Waals surface area (Å²) < 4.78 is 14.1. The minimum Gasteiger partial charge on any atom is -0.507 e. The van der Waals surface area contributed by atoms with E-state index in [0.717, 1.165) is 5.56 Å². The van der Waals surface area contributed by atoms with Crippen LogP contribution in [0.5, 0.6) is 5.75 Å². The molecule has 1 atom stereocenters. The summed E-state index contributed by atoms with van der Waals surface area (Å²) >= 11 is 3.27. The van der Waals surface area contributed by atoms with Crippen LogP contribution < -0.4 is 5.32 Å². The highest BCUT2D eigenvalue weighted by Gasteiger charge is 2.18. The van der Waals surface area contributed by atoms with Gasteiger partial charge in [0.2, 0.25) is 0 Å². The van der Waals surface area contributed by atoms with Gasteiger partial charge in [0, 0.05) is 11.0 Å². The van der Waals surface area contributed by atoms with E-state index in [1.165, 1.54) is 18.2 Å². The van der Waals surface area contributed by atoms with Gasteiger partial charge in [0.1, 0.15) is 11.6 Å². The molecule has 0 radical (unpaired) electrons. The van der Waals surface area contributed by atoms with Crippen LogP contribution in [0.1, 0.15) is 22.0 Å². The second-order valence-electron chi connectivity index (χ2n) is 5.41. The van der Waals surface area contributed by atoms with Gasteiger partial charge in [0.25, 0.3) is 5.91 Å². The lowest BCUT2D eigenvalue weighted by atomic mass is 10.1. The number of carbonyl (C=O) groups is 1. The number of halogens is 2. The normalized spacial score (nSPS) is 12.2. The Hall–Kier alpha value is -1.92. The predicted octanol–water partition coefficient (Wildman–Crippen LogP) is 3.33. The third-order valence-corrected chi connectivity index (χ3v) is 4.01. The molecule has 0 aliphatic rings. The number of benzene rings is 2. The molecule has 1 unspecified atom stereocenters. The first-order chi connectivity index (χ1) is 10.9. The fraction of sp³-hybridized carbons (Fsp3) is 0.235. The van der Waals surface area contributed by atoms with Crippen molar-refractivity contribution in [1.29, 1.82) is 0 Å². The lowest BCUT2D eigenvalue weighted by molar-refractivity contribution is 0.0939. The number of rotatable bonds is 5. The van der Waals surface area contributed by atoms with E-state index >= 15 is 0 Å². The number of likely N-dealkylation sites (N-methyl/N-ethyl adjacent to an activating group) is 1. The highest BCUT2D eigenvalue weighted by molar-refractivity contribution is 9.10. The van der Waals surface area contributed by atoms with Crippen molar-refractivity contribution in [2.45, 2.75) is 6.04 Å². The van der Waals surface area contributed by atoms with Crippen molar-refractivity contribution in [2.75, 3.05) is 20.6 Å². The maximum Gasteiger partial charge on any atom is 0.255 e. The predicted molar refractivity (Wildman–Crippen MR) is 91.0 cm³/mol. The van der Waals surface area contributed by atoms with Crippen LogP contribution in [0.15, 0.2) is 46.9 Å². The van der Waals surface area contributed by atoms with Crippen LogP contribution in [0.4, 0.5) is 4.39 Å². The number of aromatic hydroxyl groups is 1. The zero-order valence-corrected chi connectivity index (χ0v) is 14.5. The first-order valence-corrected chi connectivity index (χ1v) is 7.86. The van der Waals surface area contributed by atoms with Crippen molar-refractivity contribution in [3.8, 4) is 5.75 Å². The second-order valence-corrected chi connectivity index (χ2v) is 6.32. The molecule has 1 amide bonds. The van der Waals surface area contributed by atoms with Crippen LogP contribution in [0.2, 0.25) is 0 Å². The molecule has 122 valence electrons. The molecular weight excluding hydrogens is 363 g/mol. The van der Waals surface area contributed by atoms with Gasteiger partial charge in [-0.3, -0.25) is 4.79 Å². The van der Waals surface area contributed by atoms with Gasteiger partial charge in [-0.25, -0.2) is 4.39 Å². The molecule has 0 saturated carbocycles.